The van der Waals surface area contributed by atoms with E-state index >= 15 is 0 Å². The van der Waals surface area contributed by atoms with Crippen LogP contribution in [0.25, 0.3) is 0 Å². The zero-order valence-electron chi connectivity index (χ0n) is 15.2. The van der Waals surface area contributed by atoms with Gasteiger partial charge in [-0.2, -0.15) is 0 Å². The second kappa shape index (κ2) is 10.2. The van der Waals surface area contributed by atoms with Gasteiger partial charge >= 0.3 is 0 Å². The van der Waals surface area contributed by atoms with Crippen molar-refractivity contribution in [2.45, 2.75) is 13.3 Å². The highest BCUT2D eigenvalue weighted by atomic mass is 16.5. The zero-order chi connectivity index (χ0) is 17.9. The molecular weight excluding hydrogens is 314 g/mol. The van der Waals surface area contributed by atoms with Crippen LogP contribution in [0.5, 0.6) is 11.5 Å². The minimum atomic E-state index is 0.583. The van der Waals surface area contributed by atoms with Crippen LogP contribution in [-0.2, 0) is 6.42 Å². The van der Waals surface area contributed by atoms with E-state index in [0.29, 0.717) is 13.2 Å². The van der Waals surface area contributed by atoms with E-state index in [2.05, 4.69) is 28.6 Å². The van der Waals surface area contributed by atoms with Crippen LogP contribution in [0.15, 0.2) is 53.5 Å². The zero-order valence-corrected chi connectivity index (χ0v) is 15.2. The first kappa shape index (κ1) is 18.6. The molecule has 0 radical (unpaired) electrons. The molecule has 0 atom stereocenters. The van der Waals surface area contributed by atoms with Crippen molar-refractivity contribution in [1.29, 1.82) is 0 Å². The molecule has 0 bridgehead atoms. The Morgan fingerprint density at radius 3 is 2.48 bits per heavy atom. The third kappa shape index (κ3) is 6.75. The predicted molar refractivity (Wildman–Crippen MR) is 103 cm³/mol. The monoisotopic (exact) mass is 341 g/mol. The third-order valence-corrected chi connectivity index (χ3v) is 3.75. The van der Waals surface area contributed by atoms with Gasteiger partial charge in [0.2, 0.25) is 0 Å². The highest BCUT2D eigenvalue weighted by molar-refractivity contribution is 5.79. The molecule has 0 fully saturated rings. The average molecular weight is 341 g/mol. The maximum absolute atomic E-state index is 5.70. The Labute approximate surface area is 150 Å². The minimum Gasteiger partial charge on any atom is -0.497 e. The minimum absolute atomic E-state index is 0.583. The molecule has 0 amide bonds. The van der Waals surface area contributed by atoms with Gasteiger partial charge in [-0.25, -0.2) is 0 Å². The lowest BCUT2D eigenvalue weighted by Crippen LogP contribution is -2.40. The topological polar surface area (TPSA) is 54.9 Å². The molecule has 0 aromatic heterocycles. The van der Waals surface area contributed by atoms with E-state index in [1.54, 1.807) is 14.2 Å². The number of nitrogens with zero attached hydrogens (tertiary/aromatic N) is 1. The summed E-state index contributed by atoms with van der Waals surface area (Å²) < 4.78 is 10.9. The second-order valence-corrected chi connectivity index (χ2v) is 5.69. The first-order valence-electron chi connectivity index (χ1n) is 8.48. The largest absolute Gasteiger partial charge is 0.497 e. The van der Waals surface area contributed by atoms with Crippen molar-refractivity contribution in [2.75, 3.05) is 33.9 Å². The van der Waals surface area contributed by atoms with Crippen molar-refractivity contribution < 1.29 is 9.47 Å². The van der Waals surface area contributed by atoms with Crippen molar-refractivity contribution in [3.63, 3.8) is 0 Å². The lowest BCUT2D eigenvalue weighted by molar-refractivity contribution is 0.322. The molecule has 0 heterocycles. The van der Waals surface area contributed by atoms with Crippen molar-refractivity contribution >= 4 is 5.96 Å². The average Bonchev–Trinajstić information content (AvgIpc) is 2.65. The number of benzene rings is 2. The SMILES string of the molecule is CN=C(NCCOc1ccc(C)cc1)NCCc1cccc(OC)c1. The fraction of sp³-hybridized carbons (Fsp3) is 0.350. The normalized spacial score (nSPS) is 11.1. The summed E-state index contributed by atoms with van der Waals surface area (Å²) in [5.74, 6) is 2.54. The van der Waals surface area contributed by atoms with Crippen LogP contribution in [0.4, 0.5) is 0 Å². The molecule has 0 saturated carbocycles. The molecule has 2 N–H and O–H groups in total. The summed E-state index contributed by atoms with van der Waals surface area (Å²) >= 11 is 0. The van der Waals surface area contributed by atoms with Gasteiger partial charge in [0.25, 0.3) is 0 Å². The molecule has 134 valence electrons. The molecule has 5 heteroatoms. The maximum atomic E-state index is 5.70. The van der Waals surface area contributed by atoms with Gasteiger partial charge in [0.1, 0.15) is 18.1 Å². The van der Waals surface area contributed by atoms with E-state index in [1.807, 2.05) is 42.5 Å². The standard InChI is InChI=1S/C20H27N3O2/c1-16-7-9-18(10-8-16)25-14-13-23-20(21-2)22-12-11-17-5-4-6-19(15-17)24-3/h4-10,15H,11-14H2,1-3H3,(H2,21,22,23). The van der Waals surface area contributed by atoms with Crippen LogP contribution >= 0.6 is 0 Å². The Balaban J connectivity index is 1.65. The molecule has 25 heavy (non-hydrogen) atoms. The van der Waals surface area contributed by atoms with Gasteiger partial charge in [-0.3, -0.25) is 4.99 Å². The first-order chi connectivity index (χ1) is 12.2. The Hall–Kier alpha value is -2.69. The van der Waals surface area contributed by atoms with Gasteiger partial charge in [-0.05, 0) is 43.2 Å². The number of aliphatic imine (C=N–C) groups is 1. The first-order valence-corrected chi connectivity index (χ1v) is 8.48. The maximum Gasteiger partial charge on any atom is 0.191 e. The smallest absolute Gasteiger partial charge is 0.191 e. The molecule has 2 aromatic carbocycles. The van der Waals surface area contributed by atoms with Crippen LogP contribution < -0.4 is 20.1 Å². The quantitative estimate of drug-likeness (QED) is 0.440. The molecule has 0 unspecified atom stereocenters. The van der Waals surface area contributed by atoms with Gasteiger partial charge in [0.05, 0.1) is 13.7 Å². The number of hydrogen-bond acceptors (Lipinski definition) is 3. The Morgan fingerprint density at radius 1 is 1.00 bits per heavy atom. The highest BCUT2D eigenvalue weighted by Gasteiger charge is 2.00. The Morgan fingerprint density at radius 2 is 1.76 bits per heavy atom. The fourth-order valence-electron chi connectivity index (χ4n) is 2.35. The molecule has 0 aliphatic carbocycles. The van der Waals surface area contributed by atoms with Crippen molar-refractivity contribution in [3.05, 3.63) is 59.7 Å². The van der Waals surface area contributed by atoms with Gasteiger partial charge in [0, 0.05) is 13.6 Å². The number of aryl methyl sites for hydroxylation is 1. The van der Waals surface area contributed by atoms with Gasteiger partial charge < -0.3 is 20.1 Å². The molecule has 2 aromatic rings. The van der Waals surface area contributed by atoms with Gasteiger partial charge in [-0.1, -0.05) is 29.8 Å². The molecule has 2 rings (SSSR count). The van der Waals surface area contributed by atoms with Crippen molar-refractivity contribution in [1.82, 2.24) is 10.6 Å². The Kier molecular flexibility index (Phi) is 7.63. The fourth-order valence-corrected chi connectivity index (χ4v) is 2.35. The van der Waals surface area contributed by atoms with E-state index in [1.165, 1.54) is 11.1 Å². The third-order valence-electron chi connectivity index (χ3n) is 3.75. The van der Waals surface area contributed by atoms with Crippen LogP contribution in [0.1, 0.15) is 11.1 Å². The van der Waals surface area contributed by atoms with E-state index < -0.39 is 0 Å². The lowest BCUT2D eigenvalue weighted by atomic mass is 10.1. The number of ether oxygens (including phenoxy) is 2. The summed E-state index contributed by atoms with van der Waals surface area (Å²) in [4.78, 5) is 4.22. The van der Waals surface area contributed by atoms with Crippen LogP contribution in [0.3, 0.4) is 0 Å². The van der Waals surface area contributed by atoms with Crippen molar-refractivity contribution in [3.8, 4) is 11.5 Å². The second-order valence-electron chi connectivity index (χ2n) is 5.69. The molecular formula is C20H27N3O2. The summed E-state index contributed by atoms with van der Waals surface area (Å²) in [7, 11) is 3.45. The molecule has 5 nitrogen and oxygen atoms in total. The van der Waals surface area contributed by atoms with E-state index in [-0.39, 0.29) is 0 Å². The molecule has 0 saturated heterocycles. The summed E-state index contributed by atoms with van der Waals surface area (Å²) in [6.45, 7) is 4.13. The van der Waals surface area contributed by atoms with Crippen LogP contribution in [0.2, 0.25) is 0 Å². The summed E-state index contributed by atoms with van der Waals surface area (Å²) in [5, 5.41) is 6.55. The van der Waals surface area contributed by atoms with Crippen LogP contribution in [-0.4, -0.2) is 39.8 Å². The van der Waals surface area contributed by atoms with Gasteiger partial charge in [0.15, 0.2) is 5.96 Å². The molecule has 0 spiro atoms. The summed E-state index contributed by atoms with van der Waals surface area (Å²) in [5.41, 5.74) is 2.45. The van der Waals surface area contributed by atoms with E-state index in [0.717, 1.165) is 30.4 Å². The molecule has 0 aliphatic heterocycles. The number of rotatable bonds is 8. The van der Waals surface area contributed by atoms with Crippen molar-refractivity contribution in [2.24, 2.45) is 4.99 Å². The predicted octanol–water partition coefficient (Wildman–Crippen LogP) is 2.79. The summed E-state index contributed by atoms with van der Waals surface area (Å²) in [6, 6.07) is 16.1. The lowest BCUT2D eigenvalue weighted by Gasteiger charge is -2.13. The number of guanidine groups is 1. The Bertz CT molecular complexity index is 669. The molecule has 0 aliphatic rings. The van der Waals surface area contributed by atoms with Crippen LogP contribution in [0, 0.1) is 6.92 Å². The van der Waals surface area contributed by atoms with Gasteiger partial charge in [-0.15, -0.1) is 0 Å². The number of hydrogen-bond donors (Lipinski definition) is 2. The number of methoxy groups -OCH3 is 1. The summed E-state index contributed by atoms with van der Waals surface area (Å²) in [6.07, 6.45) is 0.901. The van der Waals surface area contributed by atoms with E-state index in [9.17, 15) is 0 Å². The number of nitrogens with one attached hydrogen (secondary N) is 2. The highest BCUT2D eigenvalue weighted by Crippen LogP contribution is 2.12. The van der Waals surface area contributed by atoms with E-state index in [4.69, 9.17) is 9.47 Å².